The largest absolute Gasteiger partial charge is 0.573 e. The lowest BCUT2D eigenvalue weighted by Gasteiger charge is -2.18. The quantitative estimate of drug-likeness (QED) is 0.886. The van der Waals surface area contributed by atoms with Gasteiger partial charge in [0.2, 0.25) is 0 Å². The lowest BCUT2D eigenvalue weighted by atomic mass is 10.1. The molecule has 1 aromatic rings. The van der Waals surface area contributed by atoms with Crippen molar-refractivity contribution in [3.63, 3.8) is 0 Å². The molecule has 6 heteroatoms. The number of halogens is 3. The average molecular weight is 263 g/mol. The number of nitrogens with zero attached hydrogens (tertiary/aromatic N) is 1. The normalized spacial score (nSPS) is 13.7. The first-order valence-electron chi connectivity index (χ1n) is 5.47. The van der Waals surface area contributed by atoms with E-state index in [0.29, 0.717) is 13.0 Å². The minimum atomic E-state index is -4.75. The van der Waals surface area contributed by atoms with Crippen molar-refractivity contribution in [1.82, 2.24) is 4.90 Å². The molecule has 1 rings (SSSR count). The first-order valence-corrected chi connectivity index (χ1v) is 5.47. The maximum Gasteiger partial charge on any atom is 0.573 e. The average Bonchev–Trinajstić information content (AvgIpc) is 2.24. The van der Waals surface area contributed by atoms with Gasteiger partial charge in [-0.2, -0.15) is 0 Å². The summed E-state index contributed by atoms with van der Waals surface area (Å²) in [4.78, 5) is 1.84. The highest BCUT2D eigenvalue weighted by atomic mass is 19.4. The predicted molar refractivity (Wildman–Crippen MR) is 61.3 cm³/mol. The fourth-order valence-corrected chi connectivity index (χ4v) is 1.51. The van der Waals surface area contributed by atoms with Crippen molar-refractivity contribution in [2.75, 3.05) is 20.6 Å². The van der Waals surface area contributed by atoms with Crippen LogP contribution >= 0.6 is 0 Å². The van der Waals surface area contributed by atoms with Crippen molar-refractivity contribution in [2.24, 2.45) is 0 Å². The van der Waals surface area contributed by atoms with Crippen LogP contribution in [0.15, 0.2) is 24.3 Å². The summed E-state index contributed by atoms with van der Waals surface area (Å²) in [6.07, 6.45) is -5.39. The van der Waals surface area contributed by atoms with E-state index in [1.165, 1.54) is 18.2 Å². The van der Waals surface area contributed by atoms with Gasteiger partial charge in [0.1, 0.15) is 5.75 Å². The fourth-order valence-electron chi connectivity index (χ4n) is 1.51. The molecule has 1 atom stereocenters. The second-order valence-corrected chi connectivity index (χ2v) is 4.19. The molecule has 0 fully saturated rings. The van der Waals surface area contributed by atoms with Crippen LogP contribution in [0.25, 0.3) is 0 Å². The van der Waals surface area contributed by atoms with E-state index in [1.807, 2.05) is 19.0 Å². The Morgan fingerprint density at radius 1 is 1.28 bits per heavy atom. The molecule has 0 radical (unpaired) electrons. The molecule has 1 aromatic carbocycles. The maximum absolute atomic E-state index is 12.2. The Bertz CT molecular complexity index is 380. The number of hydrogen-bond donors (Lipinski definition) is 1. The van der Waals surface area contributed by atoms with E-state index in [1.54, 1.807) is 6.07 Å². The van der Waals surface area contributed by atoms with E-state index in [4.69, 9.17) is 0 Å². The third-order valence-corrected chi connectivity index (χ3v) is 2.35. The van der Waals surface area contributed by atoms with E-state index in [0.717, 1.165) is 0 Å². The van der Waals surface area contributed by atoms with E-state index in [9.17, 15) is 18.3 Å². The summed E-state index contributed by atoms with van der Waals surface area (Å²) in [6.45, 7) is 0.571. The third kappa shape index (κ3) is 4.93. The van der Waals surface area contributed by atoms with Crippen LogP contribution in [-0.2, 0) is 0 Å². The molecule has 0 saturated heterocycles. The number of para-hydroxylation sites is 1. The monoisotopic (exact) mass is 263 g/mol. The van der Waals surface area contributed by atoms with Gasteiger partial charge >= 0.3 is 6.36 Å². The van der Waals surface area contributed by atoms with Crippen LogP contribution in [-0.4, -0.2) is 37.0 Å². The Kier molecular flexibility index (Phi) is 4.98. The van der Waals surface area contributed by atoms with Crippen LogP contribution in [0, 0.1) is 0 Å². The topological polar surface area (TPSA) is 32.7 Å². The van der Waals surface area contributed by atoms with Crippen LogP contribution in [0.4, 0.5) is 13.2 Å². The van der Waals surface area contributed by atoms with Crippen molar-refractivity contribution in [1.29, 1.82) is 0 Å². The Labute approximate surface area is 104 Å². The summed E-state index contributed by atoms with van der Waals surface area (Å²) < 4.78 is 40.4. The van der Waals surface area contributed by atoms with Crippen LogP contribution in [0.1, 0.15) is 18.1 Å². The number of benzene rings is 1. The summed E-state index contributed by atoms with van der Waals surface area (Å²) >= 11 is 0. The molecule has 0 aromatic heterocycles. The highest BCUT2D eigenvalue weighted by Gasteiger charge is 2.32. The number of rotatable bonds is 5. The van der Waals surface area contributed by atoms with Crippen molar-refractivity contribution in [3.05, 3.63) is 29.8 Å². The molecule has 0 spiro atoms. The molecule has 0 aliphatic heterocycles. The Morgan fingerprint density at radius 2 is 1.89 bits per heavy atom. The molecule has 0 aliphatic carbocycles. The minimum Gasteiger partial charge on any atom is -0.405 e. The first kappa shape index (κ1) is 14.8. The zero-order valence-electron chi connectivity index (χ0n) is 10.2. The molecule has 1 unspecified atom stereocenters. The molecule has 0 aliphatic rings. The van der Waals surface area contributed by atoms with E-state index < -0.39 is 12.5 Å². The lowest BCUT2D eigenvalue weighted by Crippen LogP contribution is -2.20. The number of ether oxygens (including phenoxy) is 1. The summed E-state index contributed by atoms with van der Waals surface area (Å²) in [5.74, 6) is -0.351. The van der Waals surface area contributed by atoms with Gasteiger partial charge in [-0.1, -0.05) is 18.2 Å². The molecule has 18 heavy (non-hydrogen) atoms. The van der Waals surface area contributed by atoms with Crippen molar-refractivity contribution >= 4 is 0 Å². The first-order chi connectivity index (χ1) is 8.29. The van der Waals surface area contributed by atoms with Gasteiger partial charge in [-0.3, -0.25) is 0 Å². The van der Waals surface area contributed by atoms with Gasteiger partial charge in [0, 0.05) is 12.1 Å². The molecule has 3 nitrogen and oxygen atoms in total. The van der Waals surface area contributed by atoms with Gasteiger partial charge in [0.15, 0.2) is 0 Å². The smallest absolute Gasteiger partial charge is 0.405 e. The summed E-state index contributed by atoms with van der Waals surface area (Å²) in [5.41, 5.74) is 0.150. The zero-order valence-corrected chi connectivity index (χ0v) is 10.2. The fraction of sp³-hybridized carbons (Fsp3) is 0.500. The van der Waals surface area contributed by atoms with Gasteiger partial charge in [-0.15, -0.1) is 13.2 Å². The number of alkyl halides is 3. The number of aliphatic hydroxyl groups is 1. The predicted octanol–water partition coefficient (Wildman–Crippen LogP) is 2.57. The van der Waals surface area contributed by atoms with Crippen LogP contribution in [0.3, 0.4) is 0 Å². The van der Waals surface area contributed by atoms with Gasteiger partial charge in [0.05, 0.1) is 6.10 Å². The maximum atomic E-state index is 12.2. The summed E-state index contributed by atoms with van der Waals surface area (Å²) in [6, 6.07) is 5.63. The second kappa shape index (κ2) is 6.06. The minimum absolute atomic E-state index is 0.150. The number of aliphatic hydroxyl groups excluding tert-OH is 1. The molecular formula is C12H16F3NO2. The van der Waals surface area contributed by atoms with Crippen molar-refractivity contribution in [2.45, 2.75) is 18.9 Å². The number of hydrogen-bond acceptors (Lipinski definition) is 3. The van der Waals surface area contributed by atoms with Crippen LogP contribution in [0.5, 0.6) is 5.75 Å². The molecule has 0 saturated carbocycles. The molecule has 0 amide bonds. The summed E-state index contributed by atoms with van der Waals surface area (Å²) in [5, 5.41) is 9.87. The summed E-state index contributed by atoms with van der Waals surface area (Å²) in [7, 11) is 3.65. The Hall–Kier alpha value is -1.27. The molecule has 102 valence electrons. The van der Waals surface area contributed by atoms with Gasteiger partial charge < -0.3 is 14.7 Å². The highest BCUT2D eigenvalue weighted by Crippen LogP contribution is 2.31. The van der Waals surface area contributed by atoms with E-state index in [-0.39, 0.29) is 11.3 Å². The van der Waals surface area contributed by atoms with Gasteiger partial charge in [-0.05, 0) is 26.6 Å². The van der Waals surface area contributed by atoms with Gasteiger partial charge in [0.25, 0.3) is 0 Å². The second-order valence-electron chi connectivity index (χ2n) is 4.19. The molecular weight excluding hydrogens is 247 g/mol. The molecule has 0 bridgehead atoms. The SMILES string of the molecule is CN(C)CCC(O)c1ccccc1OC(F)(F)F. The third-order valence-electron chi connectivity index (χ3n) is 2.35. The van der Waals surface area contributed by atoms with E-state index in [2.05, 4.69) is 4.74 Å². The highest BCUT2D eigenvalue weighted by molar-refractivity contribution is 5.35. The zero-order chi connectivity index (χ0) is 13.8. The van der Waals surface area contributed by atoms with E-state index >= 15 is 0 Å². The van der Waals surface area contributed by atoms with Crippen LogP contribution in [0.2, 0.25) is 0 Å². The Balaban J connectivity index is 2.81. The molecule has 1 N–H and O–H groups in total. The molecule has 0 heterocycles. The van der Waals surface area contributed by atoms with Crippen LogP contribution < -0.4 is 4.74 Å². The standard InChI is InChI=1S/C12H16F3NO2/c1-16(2)8-7-10(17)9-5-3-4-6-11(9)18-12(13,14)15/h3-6,10,17H,7-8H2,1-2H3. The van der Waals surface area contributed by atoms with Crippen molar-refractivity contribution < 1.29 is 23.0 Å². The van der Waals surface area contributed by atoms with Gasteiger partial charge in [-0.25, -0.2) is 0 Å². The lowest BCUT2D eigenvalue weighted by molar-refractivity contribution is -0.275. The van der Waals surface area contributed by atoms with Crippen molar-refractivity contribution in [3.8, 4) is 5.75 Å². The Morgan fingerprint density at radius 3 is 2.44 bits per heavy atom.